The minimum absolute atomic E-state index is 0.315. The van der Waals surface area contributed by atoms with Crippen LogP contribution in [0.2, 0.25) is 0 Å². The Hall–Kier alpha value is -3.27. The number of carbonyl (C=O) groups is 1. The summed E-state index contributed by atoms with van der Waals surface area (Å²) in [4.78, 5) is 17.9. The molecule has 0 aliphatic carbocycles. The van der Waals surface area contributed by atoms with Crippen LogP contribution in [0.25, 0.3) is 0 Å². The number of aliphatic imine (C=N–C) groups is 1. The first-order valence-corrected chi connectivity index (χ1v) is 9.98. The number of ether oxygens (including phenoxy) is 1. The Morgan fingerprint density at radius 3 is 1.83 bits per heavy atom. The summed E-state index contributed by atoms with van der Waals surface area (Å²) in [6.07, 6.45) is 0.318. The molecule has 3 aromatic carbocycles. The highest BCUT2D eigenvalue weighted by Crippen LogP contribution is 2.18. The number of halogens is 1. The molecule has 0 spiro atoms. The number of esters is 1. The maximum absolute atomic E-state index is 13.3. The van der Waals surface area contributed by atoms with Crippen molar-refractivity contribution in [2.75, 3.05) is 0 Å². The van der Waals surface area contributed by atoms with E-state index in [-0.39, 0.29) is 5.82 Å². The first-order valence-electron chi connectivity index (χ1n) is 9.98. The summed E-state index contributed by atoms with van der Waals surface area (Å²) in [5.74, 6) is -0.721. The molecule has 3 nitrogen and oxygen atoms in total. The highest BCUT2D eigenvalue weighted by Gasteiger charge is 2.26. The third-order valence-corrected chi connectivity index (χ3v) is 4.40. The zero-order valence-electron chi connectivity index (χ0n) is 17.5. The van der Waals surface area contributed by atoms with Crippen LogP contribution < -0.4 is 0 Å². The number of benzene rings is 3. The van der Waals surface area contributed by atoms with E-state index < -0.39 is 17.6 Å². The molecule has 0 fully saturated rings. The molecule has 0 N–H and O–H groups in total. The largest absolute Gasteiger partial charge is 0.458 e. The molecule has 3 aromatic rings. The monoisotopic (exact) mass is 403 g/mol. The van der Waals surface area contributed by atoms with Crippen molar-refractivity contribution in [2.45, 2.75) is 38.8 Å². The van der Waals surface area contributed by atoms with Crippen LogP contribution in [-0.4, -0.2) is 23.3 Å². The lowest BCUT2D eigenvalue weighted by atomic mass is 10.0. The summed E-state index contributed by atoms with van der Waals surface area (Å²) in [6.45, 7) is 5.50. The van der Waals surface area contributed by atoms with E-state index in [0.717, 1.165) is 16.7 Å². The molecule has 0 bridgehead atoms. The lowest BCUT2D eigenvalue weighted by Crippen LogP contribution is -2.33. The van der Waals surface area contributed by atoms with Gasteiger partial charge in [0.25, 0.3) is 0 Å². The number of hydrogen-bond acceptors (Lipinski definition) is 3. The van der Waals surface area contributed by atoms with Gasteiger partial charge in [0.05, 0.1) is 5.71 Å². The molecule has 4 heteroatoms. The Labute approximate surface area is 177 Å². The fourth-order valence-corrected chi connectivity index (χ4v) is 3.06. The van der Waals surface area contributed by atoms with E-state index in [1.165, 1.54) is 12.1 Å². The second-order valence-electron chi connectivity index (χ2n) is 8.09. The van der Waals surface area contributed by atoms with Gasteiger partial charge in [-0.25, -0.2) is 9.18 Å². The van der Waals surface area contributed by atoms with Gasteiger partial charge in [-0.15, -0.1) is 0 Å². The van der Waals surface area contributed by atoms with Gasteiger partial charge in [0.1, 0.15) is 11.4 Å². The number of carbonyl (C=O) groups excluding carboxylic acids is 1. The van der Waals surface area contributed by atoms with Gasteiger partial charge in [-0.2, -0.15) is 0 Å². The fraction of sp³-hybridized carbons (Fsp3) is 0.231. The van der Waals surface area contributed by atoms with E-state index in [1.54, 1.807) is 12.1 Å². The van der Waals surface area contributed by atoms with E-state index in [4.69, 9.17) is 9.73 Å². The fourth-order valence-electron chi connectivity index (χ4n) is 3.06. The highest BCUT2D eigenvalue weighted by atomic mass is 19.1. The van der Waals surface area contributed by atoms with Crippen LogP contribution in [0, 0.1) is 5.82 Å². The first-order chi connectivity index (χ1) is 14.3. The van der Waals surface area contributed by atoms with Crippen LogP contribution in [0.4, 0.5) is 4.39 Å². The highest BCUT2D eigenvalue weighted by molar-refractivity contribution is 6.13. The zero-order chi connectivity index (χ0) is 21.6. The zero-order valence-corrected chi connectivity index (χ0v) is 17.5. The van der Waals surface area contributed by atoms with Crippen LogP contribution in [-0.2, 0) is 16.0 Å². The first kappa shape index (κ1) is 21.4. The Balaban J connectivity index is 2.05. The molecule has 154 valence electrons. The molecule has 0 radical (unpaired) electrons. The average molecular weight is 403 g/mol. The summed E-state index contributed by atoms with van der Waals surface area (Å²) < 4.78 is 19.0. The predicted molar refractivity (Wildman–Crippen MR) is 118 cm³/mol. The lowest BCUT2D eigenvalue weighted by Gasteiger charge is -2.23. The summed E-state index contributed by atoms with van der Waals surface area (Å²) in [7, 11) is 0. The maximum atomic E-state index is 13.3. The Morgan fingerprint density at radius 1 is 0.867 bits per heavy atom. The quantitative estimate of drug-likeness (QED) is 0.396. The predicted octanol–water partition coefficient (Wildman–Crippen LogP) is 5.62. The Morgan fingerprint density at radius 2 is 1.37 bits per heavy atom. The van der Waals surface area contributed by atoms with Gasteiger partial charge in [0.15, 0.2) is 6.04 Å². The molecule has 30 heavy (non-hydrogen) atoms. The smallest absolute Gasteiger partial charge is 0.331 e. The average Bonchev–Trinajstić information content (AvgIpc) is 2.72. The second kappa shape index (κ2) is 9.49. The third kappa shape index (κ3) is 6.11. The van der Waals surface area contributed by atoms with E-state index in [1.807, 2.05) is 81.4 Å². The molecule has 0 amide bonds. The molecule has 0 saturated heterocycles. The molecule has 0 aromatic heterocycles. The Bertz CT molecular complexity index is 949. The minimum Gasteiger partial charge on any atom is -0.458 e. The van der Waals surface area contributed by atoms with E-state index in [9.17, 15) is 9.18 Å². The van der Waals surface area contributed by atoms with Crippen LogP contribution in [0.1, 0.15) is 37.5 Å². The van der Waals surface area contributed by atoms with E-state index in [2.05, 4.69) is 0 Å². The third-order valence-electron chi connectivity index (χ3n) is 4.40. The van der Waals surface area contributed by atoms with Crippen LogP contribution in [0.15, 0.2) is 89.9 Å². The molecular weight excluding hydrogens is 377 g/mol. The van der Waals surface area contributed by atoms with Crippen molar-refractivity contribution in [1.82, 2.24) is 0 Å². The van der Waals surface area contributed by atoms with Crippen molar-refractivity contribution in [3.63, 3.8) is 0 Å². The summed E-state index contributed by atoms with van der Waals surface area (Å²) in [5, 5.41) is 0. The van der Waals surface area contributed by atoms with E-state index in [0.29, 0.717) is 12.1 Å². The van der Waals surface area contributed by atoms with Crippen LogP contribution in [0.3, 0.4) is 0 Å². The molecular formula is C26H26FNO2. The molecule has 0 aliphatic heterocycles. The number of rotatable bonds is 6. The van der Waals surface area contributed by atoms with Gasteiger partial charge in [-0.3, -0.25) is 4.99 Å². The number of hydrogen-bond donors (Lipinski definition) is 0. The van der Waals surface area contributed by atoms with Gasteiger partial charge in [0.2, 0.25) is 0 Å². The SMILES string of the molecule is CC(C)(C)OC(=O)C(Cc1ccc(F)cc1)N=C(c1ccccc1)c1ccccc1. The van der Waals surface area contributed by atoms with Crippen molar-refractivity contribution < 1.29 is 13.9 Å². The van der Waals surface area contributed by atoms with Gasteiger partial charge in [-0.05, 0) is 38.5 Å². The second-order valence-corrected chi connectivity index (χ2v) is 8.09. The Kier molecular flexibility index (Phi) is 6.78. The van der Waals surface area contributed by atoms with Crippen LogP contribution >= 0.6 is 0 Å². The lowest BCUT2D eigenvalue weighted by molar-refractivity contribution is -0.156. The molecule has 1 atom stereocenters. The number of nitrogens with zero attached hydrogens (tertiary/aromatic N) is 1. The van der Waals surface area contributed by atoms with E-state index >= 15 is 0 Å². The normalized spacial score (nSPS) is 12.1. The summed E-state index contributed by atoms with van der Waals surface area (Å²) in [5.41, 5.74) is 2.73. The minimum atomic E-state index is -0.759. The van der Waals surface area contributed by atoms with Gasteiger partial charge >= 0.3 is 5.97 Å². The summed E-state index contributed by atoms with van der Waals surface area (Å²) in [6, 6.07) is 24.9. The molecule has 3 rings (SSSR count). The summed E-state index contributed by atoms with van der Waals surface area (Å²) >= 11 is 0. The molecule has 0 saturated carbocycles. The van der Waals surface area contributed by atoms with Crippen LogP contribution in [0.5, 0.6) is 0 Å². The topological polar surface area (TPSA) is 38.7 Å². The van der Waals surface area contributed by atoms with Crippen molar-refractivity contribution in [3.05, 3.63) is 107 Å². The van der Waals surface area contributed by atoms with Crippen molar-refractivity contribution in [1.29, 1.82) is 0 Å². The van der Waals surface area contributed by atoms with Gasteiger partial charge in [0, 0.05) is 17.5 Å². The molecule has 0 heterocycles. The van der Waals surface area contributed by atoms with Gasteiger partial charge in [-0.1, -0.05) is 72.8 Å². The molecule has 1 unspecified atom stereocenters. The van der Waals surface area contributed by atoms with Crippen molar-refractivity contribution in [3.8, 4) is 0 Å². The molecule has 0 aliphatic rings. The van der Waals surface area contributed by atoms with Gasteiger partial charge < -0.3 is 4.74 Å². The maximum Gasteiger partial charge on any atom is 0.331 e. The van der Waals surface area contributed by atoms with Crippen molar-refractivity contribution >= 4 is 11.7 Å². The van der Waals surface area contributed by atoms with Crippen molar-refractivity contribution in [2.24, 2.45) is 4.99 Å². The standard InChI is InChI=1S/C26H26FNO2/c1-26(2,3)30-25(29)23(18-19-14-16-22(27)17-15-19)28-24(20-10-6-4-7-11-20)21-12-8-5-9-13-21/h4-17,23H,18H2,1-3H3.